The number of rotatable bonds is 3. The first-order valence-corrected chi connectivity index (χ1v) is 6.76. The standard InChI is InChI=1S/C17H16N2O/c20-17-10-14(13-5-2-1-3-6-13)9-16(11-17)19-15-7-4-8-18-12-15/h1-8,11-12,14,19H,9-10H2. The minimum atomic E-state index is 0.177. The van der Waals surface area contributed by atoms with Crippen molar-refractivity contribution in [3.8, 4) is 0 Å². The molecule has 0 spiro atoms. The molecule has 3 nitrogen and oxygen atoms in total. The van der Waals surface area contributed by atoms with Crippen LogP contribution in [0.1, 0.15) is 24.3 Å². The molecule has 20 heavy (non-hydrogen) atoms. The Kier molecular flexibility index (Phi) is 3.59. The number of benzene rings is 1. The van der Waals surface area contributed by atoms with Gasteiger partial charge in [-0.15, -0.1) is 0 Å². The molecule has 0 fully saturated rings. The lowest BCUT2D eigenvalue weighted by molar-refractivity contribution is -0.115. The zero-order chi connectivity index (χ0) is 13.8. The molecule has 3 heteroatoms. The topological polar surface area (TPSA) is 42.0 Å². The van der Waals surface area contributed by atoms with Crippen molar-refractivity contribution in [2.24, 2.45) is 0 Å². The Hall–Kier alpha value is -2.42. The summed E-state index contributed by atoms with van der Waals surface area (Å²) in [5.74, 6) is 0.435. The maximum atomic E-state index is 11.9. The summed E-state index contributed by atoms with van der Waals surface area (Å²) in [7, 11) is 0. The van der Waals surface area contributed by atoms with E-state index in [2.05, 4.69) is 22.4 Å². The Labute approximate surface area is 118 Å². The minimum absolute atomic E-state index is 0.177. The highest BCUT2D eigenvalue weighted by atomic mass is 16.1. The van der Waals surface area contributed by atoms with Gasteiger partial charge in [0, 0.05) is 24.4 Å². The van der Waals surface area contributed by atoms with Crippen LogP contribution in [0.15, 0.2) is 66.6 Å². The fraction of sp³-hybridized carbons (Fsp3) is 0.176. The van der Waals surface area contributed by atoms with Crippen molar-refractivity contribution in [2.75, 3.05) is 5.32 Å². The van der Waals surface area contributed by atoms with E-state index in [1.807, 2.05) is 30.3 Å². The van der Waals surface area contributed by atoms with Crippen molar-refractivity contribution < 1.29 is 4.79 Å². The molecule has 2 aromatic rings. The molecule has 1 N–H and O–H groups in total. The molecule has 1 heterocycles. The van der Waals surface area contributed by atoms with Crippen LogP contribution in [0.25, 0.3) is 0 Å². The largest absolute Gasteiger partial charge is 0.358 e. The van der Waals surface area contributed by atoms with Gasteiger partial charge in [0.1, 0.15) is 0 Å². The summed E-state index contributed by atoms with van der Waals surface area (Å²) in [4.78, 5) is 16.0. The second kappa shape index (κ2) is 5.70. The van der Waals surface area contributed by atoms with Crippen LogP contribution in [-0.2, 0) is 4.79 Å². The lowest BCUT2D eigenvalue weighted by Gasteiger charge is -2.23. The number of hydrogen-bond acceptors (Lipinski definition) is 3. The molecule has 0 radical (unpaired) electrons. The number of allylic oxidation sites excluding steroid dienone is 2. The van der Waals surface area contributed by atoms with Crippen LogP contribution in [0.3, 0.4) is 0 Å². The van der Waals surface area contributed by atoms with Gasteiger partial charge < -0.3 is 5.32 Å². The quantitative estimate of drug-likeness (QED) is 0.922. The fourth-order valence-electron chi connectivity index (χ4n) is 2.56. The second-order valence-corrected chi connectivity index (χ2v) is 5.02. The van der Waals surface area contributed by atoms with E-state index in [-0.39, 0.29) is 11.7 Å². The summed E-state index contributed by atoms with van der Waals surface area (Å²) in [6, 6.07) is 14.0. The van der Waals surface area contributed by atoms with E-state index in [0.29, 0.717) is 6.42 Å². The summed E-state index contributed by atoms with van der Waals surface area (Å²) >= 11 is 0. The van der Waals surface area contributed by atoms with Crippen molar-refractivity contribution in [1.29, 1.82) is 0 Å². The van der Waals surface area contributed by atoms with Gasteiger partial charge in [0.15, 0.2) is 5.78 Å². The Morgan fingerprint density at radius 2 is 1.90 bits per heavy atom. The number of nitrogens with zero attached hydrogens (tertiary/aromatic N) is 1. The zero-order valence-electron chi connectivity index (χ0n) is 11.1. The van der Waals surface area contributed by atoms with Crippen molar-refractivity contribution in [1.82, 2.24) is 4.98 Å². The van der Waals surface area contributed by atoms with Crippen molar-refractivity contribution >= 4 is 11.5 Å². The monoisotopic (exact) mass is 264 g/mol. The molecule has 0 saturated heterocycles. The molecule has 0 aliphatic heterocycles. The number of aromatic nitrogens is 1. The maximum absolute atomic E-state index is 11.9. The number of nitrogens with one attached hydrogen (secondary N) is 1. The third-order valence-electron chi connectivity index (χ3n) is 3.49. The van der Waals surface area contributed by atoms with Crippen LogP contribution >= 0.6 is 0 Å². The van der Waals surface area contributed by atoms with E-state index in [0.717, 1.165) is 17.8 Å². The van der Waals surface area contributed by atoms with Gasteiger partial charge in [0.2, 0.25) is 0 Å². The molecule has 0 bridgehead atoms. The van der Waals surface area contributed by atoms with Crippen molar-refractivity contribution in [3.05, 3.63) is 72.2 Å². The van der Waals surface area contributed by atoms with Gasteiger partial charge in [-0.1, -0.05) is 30.3 Å². The third kappa shape index (κ3) is 2.94. The Balaban J connectivity index is 1.78. The van der Waals surface area contributed by atoms with E-state index in [1.165, 1.54) is 5.56 Å². The van der Waals surface area contributed by atoms with Crippen LogP contribution < -0.4 is 5.32 Å². The zero-order valence-corrected chi connectivity index (χ0v) is 11.1. The Bertz CT molecular complexity index is 620. The third-order valence-corrected chi connectivity index (χ3v) is 3.49. The van der Waals surface area contributed by atoms with Gasteiger partial charge in [-0.05, 0) is 30.0 Å². The highest BCUT2D eigenvalue weighted by molar-refractivity contribution is 5.92. The fourth-order valence-corrected chi connectivity index (χ4v) is 2.56. The molecular formula is C17H16N2O. The molecular weight excluding hydrogens is 248 g/mol. The van der Waals surface area contributed by atoms with Gasteiger partial charge in [0.25, 0.3) is 0 Å². The summed E-state index contributed by atoms with van der Waals surface area (Å²) in [5, 5.41) is 3.29. The summed E-state index contributed by atoms with van der Waals surface area (Å²) < 4.78 is 0. The van der Waals surface area contributed by atoms with Crippen LogP contribution in [0.2, 0.25) is 0 Å². The average molecular weight is 264 g/mol. The highest BCUT2D eigenvalue weighted by Crippen LogP contribution is 2.31. The Morgan fingerprint density at radius 1 is 1.05 bits per heavy atom. The number of ketones is 1. The van der Waals surface area contributed by atoms with E-state index < -0.39 is 0 Å². The molecule has 0 saturated carbocycles. The first kappa shape index (κ1) is 12.6. The van der Waals surface area contributed by atoms with Crippen molar-refractivity contribution in [3.63, 3.8) is 0 Å². The van der Waals surface area contributed by atoms with E-state index in [1.54, 1.807) is 18.5 Å². The predicted molar refractivity (Wildman–Crippen MR) is 79.4 cm³/mol. The van der Waals surface area contributed by atoms with Crippen LogP contribution in [-0.4, -0.2) is 10.8 Å². The highest BCUT2D eigenvalue weighted by Gasteiger charge is 2.22. The first-order valence-electron chi connectivity index (χ1n) is 6.76. The smallest absolute Gasteiger partial charge is 0.158 e. The molecule has 1 atom stereocenters. The second-order valence-electron chi connectivity index (χ2n) is 5.02. The van der Waals surface area contributed by atoms with Gasteiger partial charge in [-0.2, -0.15) is 0 Å². The number of carbonyl (C=O) groups is 1. The molecule has 3 rings (SSSR count). The molecule has 1 unspecified atom stereocenters. The van der Waals surface area contributed by atoms with Crippen LogP contribution in [0.5, 0.6) is 0 Å². The molecule has 1 aromatic carbocycles. The van der Waals surface area contributed by atoms with E-state index in [9.17, 15) is 4.79 Å². The maximum Gasteiger partial charge on any atom is 0.158 e. The average Bonchev–Trinajstić information content (AvgIpc) is 2.49. The predicted octanol–water partition coefficient (Wildman–Crippen LogP) is 3.52. The SMILES string of the molecule is O=C1C=C(Nc2cccnc2)CC(c2ccccc2)C1. The van der Waals surface area contributed by atoms with E-state index in [4.69, 9.17) is 0 Å². The lowest BCUT2D eigenvalue weighted by Crippen LogP contribution is -2.16. The summed E-state index contributed by atoms with van der Waals surface area (Å²) in [6.45, 7) is 0. The lowest BCUT2D eigenvalue weighted by atomic mass is 9.85. The number of hydrogen-bond donors (Lipinski definition) is 1. The van der Waals surface area contributed by atoms with Gasteiger partial charge >= 0.3 is 0 Å². The van der Waals surface area contributed by atoms with Gasteiger partial charge in [-0.25, -0.2) is 0 Å². The normalized spacial score (nSPS) is 18.5. The number of anilines is 1. The minimum Gasteiger partial charge on any atom is -0.358 e. The van der Waals surface area contributed by atoms with E-state index >= 15 is 0 Å². The Morgan fingerprint density at radius 3 is 2.65 bits per heavy atom. The van der Waals surface area contributed by atoms with Crippen LogP contribution in [0.4, 0.5) is 5.69 Å². The molecule has 0 amide bonds. The molecule has 1 aliphatic rings. The van der Waals surface area contributed by atoms with Crippen molar-refractivity contribution in [2.45, 2.75) is 18.8 Å². The number of carbonyl (C=O) groups excluding carboxylic acids is 1. The first-order chi connectivity index (χ1) is 9.81. The van der Waals surface area contributed by atoms with Gasteiger partial charge in [0.05, 0.1) is 11.9 Å². The molecule has 1 aliphatic carbocycles. The van der Waals surface area contributed by atoms with Crippen LogP contribution in [0, 0.1) is 0 Å². The summed E-state index contributed by atoms with van der Waals surface area (Å²) in [6.07, 6.45) is 6.65. The van der Waals surface area contributed by atoms with Gasteiger partial charge in [-0.3, -0.25) is 9.78 Å². The summed E-state index contributed by atoms with van der Waals surface area (Å²) in [5.41, 5.74) is 3.10. The number of pyridine rings is 1. The molecule has 1 aromatic heterocycles. The molecule has 100 valence electrons.